The van der Waals surface area contributed by atoms with E-state index in [0.29, 0.717) is 0 Å². The predicted molar refractivity (Wildman–Crippen MR) is 295 cm³/mol. The molecule has 330 valence electrons. The minimum absolute atomic E-state index is 0.364. The van der Waals surface area contributed by atoms with E-state index >= 15 is 0 Å². The first-order valence-electron chi connectivity index (χ1n) is 24.3. The van der Waals surface area contributed by atoms with Crippen LogP contribution < -0.4 is 4.90 Å². The Labute approximate surface area is 409 Å². The molecular formula is C68H48N2. The Bertz CT molecular complexity index is 3900. The first kappa shape index (κ1) is 41.2. The van der Waals surface area contributed by atoms with E-state index in [-0.39, 0.29) is 5.41 Å². The Morgan fingerprint density at radius 1 is 0.314 bits per heavy atom. The Hall–Kier alpha value is -8.98. The average Bonchev–Trinajstić information content (AvgIpc) is 3.91. The molecule has 1 unspecified atom stereocenters. The molecule has 70 heavy (non-hydrogen) atoms. The second kappa shape index (κ2) is 17.0. The Morgan fingerprint density at radius 2 is 0.843 bits per heavy atom. The Balaban J connectivity index is 1.03. The highest BCUT2D eigenvalue weighted by molar-refractivity contribution is 6.10. The number of fused-ring (bicyclic) bond motifs is 6. The number of benzene rings is 11. The van der Waals surface area contributed by atoms with Crippen LogP contribution in [0.3, 0.4) is 0 Å². The largest absolute Gasteiger partial charge is 0.310 e. The van der Waals surface area contributed by atoms with Crippen LogP contribution in [0.25, 0.3) is 83.1 Å². The van der Waals surface area contributed by atoms with Crippen LogP contribution in [0.1, 0.15) is 23.6 Å². The van der Waals surface area contributed by atoms with Gasteiger partial charge in [-0.3, -0.25) is 0 Å². The smallest absolute Gasteiger partial charge is 0.0547 e. The highest BCUT2D eigenvalue weighted by Crippen LogP contribution is 2.55. The van der Waals surface area contributed by atoms with Gasteiger partial charge < -0.3 is 9.47 Å². The van der Waals surface area contributed by atoms with E-state index in [2.05, 4.69) is 289 Å². The summed E-state index contributed by atoms with van der Waals surface area (Å²) in [4.78, 5) is 2.49. The fourth-order valence-corrected chi connectivity index (χ4v) is 11.4. The van der Waals surface area contributed by atoms with Crippen LogP contribution >= 0.6 is 0 Å². The van der Waals surface area contributed by atoms with Crippen molar-refractivity contribution in [1.29, 1.82) is 0 Å². The molecule has 0 bridgehead atoms. The van der Waals surface area contributed by atoms with Gasteiger partial charge in [0.25, 0.3) is 0 Å². The van der Waals surface area contributed by atoms with Gasteiger partial charge in [-0.25, -0.2) is 0 Å². The zero-order chi connectivity index (χ0) is 46.6. The highest BCUT2D eigenvalue weighted by Gasteiger charge is 2.41. The lowest BCUT2D eigenvalue weighted by Crippen LogP contribution is -2.23. The molecule has 13 rings (SSSR count). The Morgan fingerprint density at radius 3 is 1.61 bits per heavy atom. The molecule has 2 nitrogen and oxygen atoms in total. The van der Waals surface area contributed by atoms with Gasteiger partial charge in [0.05, 0.1) is 16.7 Å². The topological polar surface area (TPSA) is 8.17 Å². The van der Waals surface area contributed by atoms with Crippen molar-refractivity contribution in [2.45, 2.75) is 12.3 Å². The monoisotopic (exact) mass is 892 g/mol. The molecule has 11 aromatic carbocycles. The molecule has 1 aliphatic rings. The van der Waals surface area contributed by atoms with Crippen LogP contribution in [0.2, 0.25) is 0 Å². The van der Waals surface area contributed by atoms with Gasteiger partial charge in [0.2, 0.25) is 0 Å². The molecule has 0 fully saturated rings. The minimum Gasteiger partial charge on any atom is -0.310 e. The summed E-state index contributed by atoms with van der Waals surface area (Å²) in [6, 6.07) is 100. The highest BCUT2D eigenvalue weighted by atomic mass is 15.1. The second-order valence-corrected chi connectivity index (χ2v) is 18.5. The first-order valence-corrected chi connectivity index (χ1v) is 24.3. The average molecular weight is 893 g/mol. The van der Waals surface area contributed by atoms with Gasteiger partial charge >= 0.3 is 0 Å². The summed E-state index contributed by atoms with van der Waals surface area (Å²) in [6.45, 7) is 2.40. The summed E-state index contributed by atoms with van der Waals surface area (Å²) in [6.07, 6.45) is 0. The molecule has 1 aliphatic carbocycles. The number of anilines is 3. The van der Waals surface area contributed by atoms with Gasteiger partial charge in [0.15, 0.2) is 0 Å². The van der Waals surface area contributed by atoms with Crippen LogP contribution in [0.4, 0.5) is 17.1 Å². The zero-order valence-corrected chi connectivity index (χ0v) is 38.9. The number of nitrogens with zero attached hydrogens (tertiary/aromatic N) is 2. The van der Waals surface area contributed by atoms with E-state index < -0.39 is 0 Å². The molecule has 1 aromatic heterocycles. The van der Waals surface area contributed by atoms with Crippen molar-refractivity contribution in [3.05, 3.63) is 290 Å². The van der Waals surface area contributed by atoms with E-state index in [4.69, 9.17) is 0 Å². The van der Waals surface area contributed by atoms with E-state index in [1.54, 1.807) is 0 Å². The number of hydrogen-bond acceptors (Lipinski definition) is 1. The van der Waals surface area contributed by atoms with Crippen molar-refractivity contribution in [2.24, 2.45) is 0 Å². The summed E-state index contributed by atoms with van der Waals surface area (Å²) < 4.78 is 2.40. The standard InChI is InChI=1S/C68H48N2/c1-68(50-25-7-3-8-26-50)63-37-18-15-34-58(63)59-43-41-53(46-64(59)68)69(65-38-19-16-35-60(65)57-33-14-13-32-56(57)55-31-12-11-30-54(55)47-22-5-2-6-23-47)52-29-21-24-48(44-52)49-40-42-62-61-36-17-20-39-66(61)70(67(62)45-49)51-27-9-4-10-28-51/h2-46H,1H3. The third-order valence-electron chi connectivity index (χ3n) is 14.7. The quantitative estimate of drug-likeness (QED) is 0.140. The maximum atomic E-state index is 2.49. The first-order chi connectivity index (χ1) is 34.6. The molecule has 0 N–H and O–H groups in total. The van der Waals surface area contributed by atoms with Crippen LogP contribution in [-0.4, -0.2) is 4.57 Å². The van der Waals surface area contributed by atoms with Crippen molar-refractivity contribution < 1.29 is 0 Å². The number of hydrogen-bond donors (Lipinski definition) is 0. The van der Waals surface area contributed by atoms with Gasteiger partial charge in [-0.15, -0.1) is 0 Å². The third kappa shape index (κ3) is 6.71. The van der Waals surface area contributed by atoms with Crippen molar-refractivity contribution >= 4 is 38.9 Å². The van der Waals surface area contributed by atoms with E-state index in [1.807, 2.05) is 0 Å². The van der Waals surface area contributed by atoms with Crippen molar-refractivity contribution in [3.8, 4) is 61.3 Å². The minimum atomic E-state index is -0.364. The lowest BCUT2D eigenvalue weighted by Gasteiger charge is -2.32. The predicted octanol–water partition coefficient (Wildman–Crippen LogP) is 18.3. The molecule has 1 atom stereocenters. The lowest BCUT2D eigenvalue weighted by molar-refractivity contribution is 0.714. The fraction of sp³-hybridized carbons (Fsp3) is 0.0294. The fourth-order valence-electron chi connectivity index (χ4n) is 11.4. The van der Waals surface area contributed by atoms with Crippen LogP contribution in [0, 0.1) is 0 Å². The van der Waals surface area contributed by atoms with E-state index in [1.165, 1.54) is 77.4 Å². The molecule has 0 spiro atoms. The summed E-state index contributed by atoms with van der Waals surface area (Å²) in [5, 5.41) is 2.49. The van der Waals surface area contributed by atoms with Gasteiger partial charge in [-0.05, 0) is 128 Å². The van der Waals surface area contributed by atoms with Gasteiger partial charge in [-0.1, -0.05) is 218 Å². The molecule has 2 heteroatoms. The van der Waals surface area contributed by atoms with E-state index in [9.17, 15) is 0 Å². The molecule has 0 radical (unpaired) electrons. The zero-order valence-electron chi connectivity index (χ0n) is 38.9. The van der Waals surface area contributed by atoms with Crippen LogP contribution in [-0.2, 0) is 5.41 Å². The molecular weight excluding hydrogens is 845 g/mol. The normalized spacial score (nSPS) is 13.8. The Kier molecular flexibility index (Phi) is 9.99. The molecule has 0 saturated carbocycles. The third-order valence-corrected chi connectivity index (χ3v) is 14.7. The van der Waals surface area contributed by atoms with Gasteiger partial charge in [-0.2, -0.15) is 0 Å². The maximum absolute atomic E-state index is 2.49. The molecule has 1 heterocycles. The van der Waals surface area contributed by atoms with Gasteiger partial charge in [0.1, 0.15) is 0 Å². The SMILES string of the molecule is CC1(c2ccccc2)c2ccccc2-c2ccc(N(c3cccc(-c4ccc5c6ccccc6n(-c6ccccc6)c5c4)c3)c3ccccc3-c3ccccc3-c3ccccc3-c3ccccc3)cc21. The maximum Gasteiger partial charge on any atom is 0.0547 e. The molecule has 0 amide bonds. The number of rotatable bonds is 9. The van der Waals surface area contributed by atoms with Crippen LogP contribution in [0.15, 0.2) is 273 Å². The summed E-state index contributed by atoms with van der Waals surface area (Å²) >= 11 is 0. The van der Waals surface area contributed by atoms with Crippen LogP contribution in [0.5, 0.6) is 0 Å². The summed E-state index contributed by atoms with van der Waals surface area (Å²) in [5.41, 5.74) is 22.3. The lowest BCUT2D eigenvalue weighted by atomic mass is 9.74. The summed E-state index contributed by atoms with van der Waals surface area (Å²) in [7, 11) is 0. The second-order valence-electron chi connectivity index (χ2n) is 18.5. The van der Waals surface area contributed by atoms with Crippen molar-refractivity contribution in [2.75, 3.05) is 4.90 Å². The summed E-state index contributed by atoms with van der Waals surface area (Å²) in [5.74, 6) is 0. The van der Waals surface area contributed by atoms with Crippen molar-refractivity contribution in [1.82, 2.24) is 4.57 Å². The van der Waals surface area contributed by atoms with E-state index in [0.717, 1.165) is 39.4 Å². The van der Waals surface area contributed by atoms with Gasteiger partial charge in [0, 0.05) is 38.8 Å². The molecule has 0 saturated heterocycles. The molecule has 0 aliphatic heterocycles. The van der Waals surface area contributed by atoms with Crippen molar-refractivity contribution in [3.63, 3.8) is 0 Å². The number of aromatic nitrogens is 1. The molecule has 12 aromatic rings. The number of para-hydroxylation sites is 3.